The van der Waals surface area contributed by atoms with Gasteiger partial charge in [-0.05, 0) is 49.8 Å². The van der Waals surface area contributed by atoms with Gasteiger partial charge in [0.1, 0.15) is 0 Å². The van der Waals surface area contributed by atoms with Gasteiger partial charge in [-0.1, -0.05) is 89.5 Å². The SMILES string of the molecule is CCCCC1=C([SiH2]c2ccccc2)CC=C1c1cc(C)cc(C)c1. The molecule has 0 aliphatic heterocycles. The van der Waals surface area contributed by atoms with Gasteiger partial charge in [0.2, 0.25) is 0 Å². The van der Waals surface area contributed by atoms with E-state index >= 15 is 0 Å². The first kappa shape index (κ1) is 17.0. The maximum Gasteiger partial charge on any atom is 0.0832 e. The van der Waals surface area contributed by atoms with Crippen LogP contribution in [0.4, 0.5) is 0 Å². The fourth-order valence-corrected chi connectivity index (χ4v) is 5.64. The van der Waals surface area contributed by atoms with Crippen molar-refractivity contribution in [3.8, 4) is 0 Å². The normalized spacial score (nSPS) is 14.7. The van der Waals surface area contributed by atoms with E-state index in [-0.39, 0.29) is 9.52 Å². The maximum atomic E-state index is 2.49. The van der Waals surface area contributed by atoms with Gasteiger partial charge in [0, 0.05) is 0 Å². The number of rotatable bonds is 6. The molecule has 0 saturated carbocycles. The third-order valence-electron chi connectivity index (χ3n) is 4.88. The highest BCUT2D eigenvalue weighted by atomic mass is 28.2. The fraction of sp³-hybridized carbons (Fsp3) is 0.304. The van der Waals surface area contributed by atoms with Gasteiger partial charge in [0.15, 0.2) is 0 Å². The van der Waals surface area contributed by atoms with E-state index in [9.17, 15) is 0 Å². The van der Waals surface area contributed by atoms with Gasteiger partial charge in [-0.15, -0.1) is 0 Å². The van der Waals surface area contributed by atoms with Crippen molar-refractivity contribution in [3.63, 3.8) is 0 Å². The summed E-state index contributed by atoms with van der Waals surface area (Å²) in [4.78, 5) is 0. The van der Waals surface area contributed by atoms with Crippen LogP contribution in [-0.2, 0) is 0 Å². The van der Waals surface area contributed by atoms with Crippen LogP contribution in [0.25, 0.3) is 5.57 Å². The first-order valence-electron chi connectivity index (χ1n) is 9.21. The summed E-state index contributed by atoms with van der Waals surface area (Å²) in [6, 6.07) is 18.1. The van der Waals surface area contributed by atoms with Crippen molar-refractivity contribution in [3.05, 3.63) is 82.1 Å². The van der Waals surface area contributed by atoms with Gasteiger partial charge in [-0.3, -0.25) is 0 Å². The molecule has 0 spiro atoms. The minimum Gasteiger partial charge on any atom is -0.0752 e. The third-order valence-corrected chi connectivity index (χ3v) is 6.90. The molecule has 0 aromatic heterocycles. The Hall–Kier alpha value is -1.86. The number of unbranched alkanes of at least 4 members (excludes halogenated alkanes) is 1. The molecule has 2 aromatic carbocycles. The zero-order chi connectivity index (χ0) is 16.9. The van der Waals surface area contributed by atoms with Gasteiger partial charge in [-0.25, -0.2) is 0 Å². The van der Waals surface area contributed by atoms with Crippen LogP contribution < -0.4 is 5.19 Å². The van der Waals surface area contributed by atoms with Crippen molar-refractivity contribution < 1.29 is 0 Å². The van der Waals surface area contributed by atoms with E-state index in [1.807, 2.05) is 0 Å². The van der Waals surface area contributed by atoms with Gasteiger partial charge >= 0.3 is 0 Å². The van der Waals surface area contributed by atoms with E-state index in [4.69, 9.17) is 0 Å². The van der Waals surface area contributed by atoms with E-state index in [1.54, 1.807) is 16.0 Å². The van der Waals surface area contributed by atoms with Crippen molar-refractivity contribution >= 4 is 20.3 Å². The molecule has 1 aliphatic carbocycles. The van der Waals surface area contributed by atoms with Crippen molar-refractivity contribution in [2.45, 2.75) is 46.5 Å². The molecule has 0 atom stereocenters. The standard InChI is InChI=1S/C23H28Si/c1-4-5-11-22-21(19-15-17(2)14-18(3)16-19)12-13-23(22)24-20-9-7-6-8-10-20/h6-10,12,14-16H,4-5,11,13,24H2,1-3H3. The van der Waals surface area contributed by atoms with E-state index in [2.05, 4.69) is 75.4 Å². The zero-order valence-electron chi connectivity index (χ0n) is 15.2. The van der Waals surface area contributed by atoms with Crippen LogP contribution in [0.15, 0.2) is 65.4 Å². The van der Waals surface area contributed by atoms with Gasteiger partial charge in [0.05, 0.1) is 9.52 Å². The summed E-state index contributed by atoms with van der Waals surface area (Å²) >= 11 is 0. The first-order chi connectivity index (χ1) is 11.7. The third kappa shape index (κ3) is 3.96. The molecule has 0 amide bonds. The van der Waals surface area contributed by atoms with E-state index in [1.165, 1.54) is 47.9 Å². The summed E-state index contributed by atoms with van der Waals surface area (Å²) in [5, 5.41) is 3.32. The molecule has 0 saturated heterocycles. The predicted molar refractivity (Wildman–Crippen MR) is 110 cm³/mol. The Balaban J connectivity index is 1.93. The first-order valence-corrected chi connectivity index (χ1v) is 10.6. The monoisotopic (exact) mass is 332 g/mol. The minimum absolute atomic E-state index is 0.339. The molecule has 124 valence electrons. The summed E-state index contributed by atoms with van der Waals surface area (Å²) in [5.41, 5.74) is 7.35. The number of allylic oxidation sites excluding steroid dienone is 4. The smallest absolute Gasteiger partial charge is 0.0752 e. The lowest BCUT2D eigenvalue weighted by Gasteiger charge is -2.14. The second kappa shape index (κ2) is 7.81. The molecule has 3 rings (SSSR count). The molecule has 0 unspecified atom stereocenters. The second-order valence-corrected chi connectivity index (χ2v) is 9.07. The highest BCUT2D eigenvalue weighted by molar-refractivity contribution is 6.61. The Bertz CT molecular complexity index is 746. The topological polar surface area (TPSA) is 0 Å². The zero-order valence-corrected chi connectivity index (χ0v) is 16.6. The number of hydrogen-bond acceptors (Lipinski definition) is 0. The second-order valence-electron chi connectivity index (χ2n) is 7.05. The molecule has 1 heteroatoms. The van der Waals surface area contributed by atoms with Crippen LogP contribution in [0.5, 0.6) is 0 Å². The van der Waals surface area contributed by atoms with E-state index in [0.717, 1.165) is 0 Å². The van der Waals surface area contributed by atoms with Gasteiger partial charge in [0.25, 0.3) is 0 Å². The Morgan fingerprint density at radius 3 is 2.33 bits per heavy atom. The molecule has 24 heavy (non-hydrogen) atoms. The van der Waals surface area contributed by atoms with Crippen molar-refractivity contribution in [2.24, 2.45) is 0 Å². The Morgan fingerprint density at radius 1 is 0.958 bits per heavy atom. The summed E-state index contributed by atoms with van der Waals surface area (Å²) in [6.07, 6.45) is 7.46. The Labute approximate surface area is 149 Å². The largest absolute Gasteiger partial charge is 0.0832 e. The molecule has 0 fully saturated rings. The summed E-state index contributed by atoms with van der Waals surface area (Å²) in [7, 11) is -0.339. The van der Waals surface area contributed by atoms with E-state index < -0.39 is 0 Å². The molecule has 1 aliphatic rings. The highest BCUT2D eigenvalue weighted by Gasteiger charge is 2.19. The average molecular weight is 333 g/mol. The van der Waals surface area contributed by atoms with Crippen molar-refractivity contribution in [1.82, 2.24) is 0 Å². The minimum atomic E-state index is -0.339. The maximum absolute atomic E-state index is 2.49. The van der Waals surface area contributed by atoms with Crippen LogP contribution >= 0.6 is 0 Å². The number of hydrogen-bond donors (Lipinski definition) is 0. The molecule has 0 heterocycles. The highest BCUT2D eigenvalue weighted by Crippen LogP contribution is 2.37. The summed E-state index contributed by atoms with van der Waals surface area (Å²) in [5.74, 6) is 0. The average Bonchev–Trinajstić information content (AvgIpc) is 2.95. The molecule has 0 N–H and O–H groups in total. The lowest BCUT2D eigenvalue weighted by atomic mass is 9.94. The molecule has 2 aromatic rings. The van der Waals surface area contributed by atoms with E-state index in [0.29, 0.717) is 0 Å². The van der Waals surface area contributed by atoms with Crippen molar-refractivity contribution in [2.75, 3.05) is 0 Å². The Morgan fingerprint density at radius 2 is 1.67 bits per heavy atom. The van der Waals surface area contributed by atoms with Gasteiger partial charge < -0.3 is 0 Å². The summed E-state index contributed by atoms with van der Waals surface area (Å²) < 4.78 is 0. The predicted octanol–water partition coefficient (Wildman–Crippen LogP) is 5.03. The van der Waals surface area contributed by atoms with Crippen LogP contribution in [0.3, 0.4) is 0 Å². The quantitative estimate of drug-likeness (QED) is 0.651. The van der Waals surface area contributed by atoms with Crippen LogP contribution in [0.1, 0.15) is 49.3 Å². The molecular weight excluding hydrogens is 304 g/mol. The van der Waals surface area contributed by atoms with Crippen molar-refractivity contribution in [1.29, 1.82) is 0 Å². The lowest BCUT2D eigenvalue weighted by molar-refractivity contribution is 0.799. The van der Waals surface area contributed by atoms with Crippen LogP contribution in [-0.4, -0.2) is 9.52 Å². The molecule has 0 bridgehead atoms. The molecule has 0 nitrogen and oxygen atoms in total. The molecular formula is C23H28Si. The van der Waals surface area contributed by atoms with Crippen LogP contribution in [0, 0.1) is 13.8 Å². The lowest BCUT2D eigenvalue weighted by Crippen LogP contribution is -2.16. The number of aryl methyl sites for hydroxylation is 2. The fourth-order valence-electron chi connectivity index (χ4n) is 3.77. The van der Waals surface area contributed by atoms with Crippen LogP contribution in [0.2, 0.25) is 0 Å². The Kier molecular flexibility index (Phi) is 5.52. The summed E-state index contributed by atoms with van der Waals surface area (Å²) in [6.45, 7) is 6.71. The number of benzene rings is 2. The van der Waals surface area contributed by atoms with Gasteiger partial charge in [-0.2, -0.15) is 0 Å². The molecule has 0 radical (unpaired) electrons.